The molecule has 3 N–H and O–H groups in total. The highest BCUT2D eigenvalue weighted by Crippen LogP contribution is 2.16. The van der Waals surface area contributed by atoms with E-state index in [1.54, 1.807) is 30.7 Å². The first kappa shape index (κ1) is 14.2. The van der Waals surface area contributed by atoms with Gasteiger partial charge in [-0.3, -0.25) is 0 Å². The second-order valence-corrected chi connectivity index (χ2v) is 4.99. The van der Waals surface area contributed by atoms with Gasteiger partial charge in [0.25, 0.3) is 0 Å². The zero-order chi connectivity index (χ0) is 15.4. The fourth-order valence-electron chi connectivity index (χ4n) is 2.00. The lowest BCUT2D eigenvalue weighted by atomic mass is 10.2. The number of aromatic nitrogens is 2. The smallest absolute Gasteiger partial charge is 0.323 e. The molecule has 0 unspecified atom stereocenters. The predicted molar refractivity (Wildman–Crippen MR) is 88.7 cm³/mol. The van der Waals surface area contributed by atoms with Gasteiger partial charge in [0.1, 0.15) is 0 Å². The van der Waals surface area contributed by atoms with Gasteiger partial charge in [0.15, 0.2) is 0 Å². The van der Waals surface area contributed by atoms with E-state index in [1.807, 2.05) is 30.3 Å². The van der Waals surface area contributed by atoms with Gasteiger partial charge in [-0.05, 0) is 35.9 Å². The van der Waals surface area contributed by atoms with Gasteiger partial charge in [-0.15, -0.1) is 0 Å². The number of rotatable bonds is 3. The zero-order valence-corrected chi connectivity index (χ0v) is 12.3. The molecule has 3 aromatic rings. The van der Waals surface area contributed by atoms with Crippen molar-refractivity contribution in [3.63, 3.8) is 0 Å². The van der Waals surface area contributed by atoms with Gasteiger partial charge in [0.05, 0.1) is 17.4 Å². The SMILES string of the molecule is O=C(N/C=C/c1ccccc1Cl)Nc1ccc2nc[nH]c2c1. The maximum absolute atomic E-state index is 11.8. The summed E-state index contributed by atoms with van der Waals surface area (Å²) in [5, 5.41) is 6.01. The fourth-order valence-corrected chi connectivity index (χ4v) is 2.20. The van der Waals surface area contributed by atoms with Crippen LogP contribution in [0.4, 0.5) is 10.5 Å². The molecule has 0 fully saturated rings. The molecule has 2 aromatic carbocycles. The van der Waals surface area contributed by atoms with E-state index in [4.69, 9.17) is 11.6 Å². The number of carbonyl (C=O) groups is 1. The lowest BCUT2D eigenvalue weighted by Gasteiger charge is -2.04. The molecular formula is C16H13ClN4O. The molecule has 0 atom stereocenters. The van der Waals surface area contributed by atoms with Gasteiger partial charge >= 0.3 is 6.03 Å². The minimum Gasteiger partial charge on any atom is -0.345 e. The Hall–Kier alpha value is -2.79. The number of hydrogen-bond donors (Lipinski definition) is 3. The van der Waals surface area contributed by atoms with Gasteiger partial charge in [-0.2, -0.15) is 0 Å². The van der Waals surface area contributed by atoms with Crippen LogP contribution < -0.4 is 10.6 Å². The summed E-state index contributed by atoms with van der Waals surface area (Å²) in [5.41, 5.74) is 3.23. The zero-order valence-electron chi connectivity index (χ0n) is 11.5. The number of halogens is 1. The Kier molecular flexibility index (Phi) is 4.07. The molecule has 0 saturated heterocycles. The van der Waals surface area contributed by atoms with Crippen molar-refractivity contribution in [1.82, 2.24) is 15.3 Å². The highest BCUT2D eigenvalue weighted by Gasteiger charge is 2.02. The molecule has 110 valence electrons. The molecule has 1 heterocycles. The van der Waals surface area contributed by atoms with Crippen molar-refractivity contribution >= 4 is 40.4 Å². The number of nitrogens with one attached hydrogen (secondary N) is 3. The third kappa shape index (κ3) is 3.27. The molecular weight excluding hydrogens is 300 g/mol. The van der Waals surface area contributed by atoms with Gasteiger partial charge in [0.2, 0.25) is 0 Å². The summed E-state index contributed by atoms with van der Waals surface area (Å²) in [4.78, 5) is 18.9. The van der Waals surface area contributed by atoms with Crippen LogP contribution in [-0.2, 0) is 0 Å². The Balaban J connectivity index is 1.61. The van der Waals surface area contributed by atoms with E-state index < -0.39 is 0 Å². The van der Waals surface area contributed by atoms with Crippen LogP contribution >= 0.6 is 11.6 Å². The molecule has 0 radical (unpaired) electrons. The molecule has 22 heavy (non-hydrogen) atoms. The van der Waals surface area contributed by atoms with E-state index in [2.05, 4.69) is 20.6 Å². The van der Waals surface area contributed by atoms with Gasteiger partial charge in [-0.1, -0.05) is 29.8 Å². The van der Waals surface area contributed by atoms with Crippen molar-refractivity contribution in [1.29, 1.82) is 0 Å². The number of amides is 2. The van der Waals surface area contributed by atoms with Crippen molar-refractivity contribution in [3.05, 3.63) is 65.6 Å². The maximum atomic E-state index is 11.8. The molecule has 1 aromatic heterocycles. The summed E-state index contributed by atoms with van der Waals surface area (Å²) in [6.07, 6.45) is 4.89. The number of H-pyrrole nitrogens is 1. The summed E-state index contributed by atoms with van der Waals surface area (Å²) in [7, 11) is 0. The van der Waals surface area contributed by atoms with Crippen LogP contribution in [0.25, 0.3) is 17.1 Å². The lowest BCUT2D eigenvalue weighted by molar-refractivity contribution is 0.255. The minimum atomic E-state index is -0.331. The molecule has 0 aliphatic carbocycles. The van der Waals surface area contributed by atoms with Gasteiger partial charge in [0, 0.05) is 16.9 Å². The average Bonchev–Trinajstić information content (AvgIpc) is 2.97. The van der Waals surface area contributed by atoms with Crippen molar-refractivity contribution in [2.24, 2.45) is 0 Å². The number of aromatic amines is 1. The molecule has 5 nitrogen and oxygen atoms in total. The summed E-state index contributed by atoms with van der Waals surface area (Å²) in [6, 6.07) is 12.5. The van der Waals surface area contributed by atoms with E-state index in [-0.39, 0.29) is 6.03 Å². The topological polar surface area (TPSA) is 69.8 Å². The van der Waals surface area contributed by atoms with Gasteiger partial charge < -0.3 is 15.6 Å². The van der Waals surface area contributed by atoms with Crippen molar-refractivity contribution in [3.8, 4) is 0 Å². The van der Waals surface area contributed by atoms with Crippen LogP contribution in [0.5, 0.6) is 0 Å². The predicted octanol–water partition coefficient (Wildman–Crippen LogP) is 4.01. The standard InChI is InChI=1S/C16H13ClN4O/c17-13-4-2-1-3-11(13)7-8-18-16(22)21-12-5-6-14-15(9-12)20-10-19-14/h1-10H,(H,19,20)(H2,18,21,22)/b8-7+. The Morgan fingerprint density at radius 2 is 2.09 bits per heavy atom. The van der Waals surface area contributed by atoms with E-state index in [9.17, 15) is 4.79 Å². The normalized spacial score (nSPS) is 11.0. The van der Waals surface area contributed by atoms with E-state index in [0.29, 0.717) is 10.7 Å². The fraction of sp³-hybridized carbons (Fsp3) is 0. The number of anilines is 1. The average molecular weight is 313 g/mol. The van der Waals surface area contributed by atoms with Crippen molar-refractivity contribution in [2.45, 2.75) is 0 Å². The first-order valence-corrected chi connectivity index (χ1v) is 7.02. The third-order valence-electron chi connectivity index (χ3n) is 3.06. The molecule has 0 spiro atoms. The highest BCUT2D eigenvalue weighted by atomic mass is 35.5. The number of carbonyl (C=O) groups excluding carboxylic acids is 1. The summed E-state index contributed by atoms with van der Waals surface area (Å²) < 4.78 is 0. The van der Waals surface area contributed by atoms with Crippen LogP contribution in [0, 0.1) is 0 Å². The largest absolute Gasteiger partial charge is 0.345 e. The Morgan fingerprint density at radius 3 is 2.95 bits per heavy atom. The molecule has 2 amide bonds. The lowest BCUT2D eigenvalue weighted by Crippen LogP contribution is -2.23. The third-order valence-corrected chi connectivity index (χ3v) is 3.40. The number of benzene rings is 2. The monoisotopic (exact) mass is 312 g/mol. The molecule has 3 rings (SSSR count). The molecule has 0 aliphatic rings. The second kappa shape index (κ2) is 6.32. The molecule has 0 saturated carbocycles. The van der Waals surface area contributed by atoms with Crippen LogP contribution in [0.1, 0.15) is 5.56 Å². The highest BCUT2D eigenvalue weighted by molar-refractivity contribution is 6.32. The molecule has 0 aliphatic heterocycles. The number of urea groups is 1. The van der Waals surface area contributed by atoms with E-state index in [0.717, 1.165) is 16.6 Å². The first-order valence-electron chi connectivity index (χ1n) is 6.64. The number of imidazole rings is 1. The van der Waals surface area contributed by atoms with Gasteiger partial charge in [-0.25, -0.2) is 9.78 Å². The Labute approximate surface area is 132 Å². The van der Waals surface area contributed by atoms with Crippen molar-refractivity contribution in [2.75, 3.05) is 5.32 Å². The number of nitrogens with zero attached hydrogens (tertiary/aromatic N) is 1. The Morgan fingerprint density at radius 1 is 1.23 bits per heavy atom. The summed E-state index contributed by atoms with van der Waals surface area (Å²) in [6.45, 7) is 0. The quantitative estimate of drug-likeness (QED) is 0.684. The van der Waals surface area contributed by atoms with Crippen molar-refractivity contribution < 1.29 is 4.79 Å². The second-order valence-electron chi connectivity index (χ2n) is 4.59. The van der Waals surface area contributed by atoms with Crippen LogP contribution in [0.15, 0.2) is 55.0 Å². The maximum Gasteiger partial charge on any atom is 0.323 e. The van der Waals surface area contributed by atoms with Crippen LogP contribution in [0.2, 0.25) is 5.02 Å². The summed E-state index contributed by atoms with van der Waals surface area (Å²) >= 11 is 6.03. The minimum absolute atomic E-state index is 0.331. The molecule has 0 bridgehead atoms. The number of fused-ring (bicyclic) bond motifs is 1. The van der Waals surface area contributed by atoms with E-state index in [1.165, 1.54) is 0 Å². The molecule has 6 heteroatoms. The first-order chi connectivity index (χ1) is 10.7. The summed E-state index contributed by atoms with van der Waals surface area (Å²) in [5.74, 6) is 0. The van der Waals surface area contributed by atoms with Crippen LogP contribution in [-0.4, -0.2) is 16.0 Å². The van der Waals surface area contributed by atoms with E-state index >= 15 is 0 Å². The van der Waals surface area contributed by atoms with Crippen LogP contribution in [0.3, 0.4) is 0 Å². The Bertz CT molecular complexity index is 841. The number of hydrogen-bond acceptors (Lipinski definition) is 2.